The maximum Gasteiger partial charge on any atom is 0.278 e. The lowest BCUT2D eigenvalue weighted by Crippen LogP contribution is -2.46. The zero-order valence-corrected chi connectivity index (χ0v) is 23.0. The number of carbonyl (C=O) groups is 1. The Balaban J connectivity index is 1.36. The number of nitrogens with one attached hydrogen (secondary N) is 1. The molecule has 1 aliphatic carbocycles. The van der Waals surface area contributed by atoms with E-state index in [0.29, 0.717) is 44.6 Å². The molecule has 0 radical (unpaired) electrons. The average molecular weight is 567 g/mol. The van der Waals surface area contributed by atoms with Crippen LogP contribution in [0.4, 0.5) is 5.13 Å². The third kappa shape index (κ3) is 5.72. The molecule has 1 N–H and O–H groups in total. The van der Waals surface area contributed by atoms with Gasteiger partial charge in [-0.3, -0.25) is 15.1 Å². The normalized spacial score (nSPS) is 20.4. The third-order valence-corrected chi connectivity index (χ3v) is 12.2. The van der Waals surface area contributed by atoms with Crippen molar-refractivity contribution in [3.05, 3.63) is 36.0 Å². The van der Waals surface area contributed by atoms with E-state index in [-0.39, 0.29) is 25.2 Å². The number of hydrazone groups is 1. The molecule has 11 nitrogen and oxygen atoms in total. The SMILES string of the molecule is CN1CCN(S(=O)(=O)c2cnc(NC(=O)C(=NN3CCCC3)c3ccc(S(=O)(=O)C4CC4)cc3)s2)CC1. The molecule has 5 rings (SSSR count). The molecule has 2 saturated heterocycles. The second-order valence-corrected chi connectivity index (χ2v) is 14.9. The fraction of sp³-hybridized carbons (Fsp3) is 0.522. The van der Waals surface area contributed by atoms with Crippen molar-refractivity contribution in [3.8, 4) is 0 Å². The topological polar surface area (TPSA) is 132 Å². The van der Waals surface area contributed by atoms with Crippen molar-refractivity contribution in [2.45, 2.75) is 40.0 Å². The standard InChI is InChI=1S/C23H30N6O5S3/c1-27-12-14-29(15-13-27)37(33,34)20-16-24-23(35-20)25-22(30)21(26-28-10-2-3-11-28)17-4-6-18(7-5-17)36(31,32)19-8-9-19/h4-7,16,19H,2-3,8-15H2,1H3,(H,24,25,30). The monoisotopic (exact) mass is 566 g/mol. The van der Waals surface area contributed by atoms with Crippen LogP contribution in [0.5, 0.6) is 0 Å². The van der Waals surface area contributed by atoms with Crippen molar-refractivity contribution in [3.63, 3.8) is 0 Å². The van der Waals surface area contributed by atoms with Crippen LogP contribution >= 0.6 is 11.3 Å². The van der Waals surface area contributed by atoms with E-state index in [1.54, 1.807) is 12.1 Å². The summed E-state index contributed by atoms with van der Waals surface area (Å²) in [5, 5.41) is 8.89. The molecule has 2 aromatic rings. The summed E-state index contributed by atoms with van der Waals surface area (Å²) in [6.45, 7) is 3.54. The summed E-state index contributed by atoms with van der Waals surface area (Å²) >= 11 is 0.900. The third-order valence-electron chi connectivity index (χ3n) is 6.72. The van der Waals surface area contributed by atoms with Crippen LogP contribution in [-0.4, -0.2) is 99.2 Å². The van der Waals surface area contributed by atoms with Crippen LogP contribution in [0.2, 0.25) is 0 Å². The Bertz CT molecular complexity index is 1390. The van der Waals surface area contributed by atoms with E-state index in [4.69, 9.17) is 0 Å². The fourth-order valence-corrected chi connectivity index (χ4v) is 8.56. The van der Waals surface area contributed by atoms with E-state index in [0.717, 1.165) is 37.3 Å². The minimum atomic E-state index is -3.70. The largest absolute Gasteiger partial charge is 0.304 e. The highest BCUT2D eigenvalue weighted by atomic mass is 32.2. The van der Waals surface area contributed by atoms with E-state index < -0.39 is 25.8 Å². The molecular formula is C23H30N6O5S3. The van der Waals surface area contributed by atoms with Crippen molar-refractivity contribution in [2.75, 3.05) is 51.6 Å². The van der Waals surface area contributed by atoms with E-state index in [9.17, 15) is 21.6 Å². The van der Waals surface area contributed by atoms with Crippen LogP contribution in [-0.2, 0) is 24.7 Å². The molecule has 0 unspecified atom stereocenters. The zero-order valence-electron chi connectivity index (χ0n) is 20.5. The summed E-state index contributed by atoms with van der Waals surface area (Å²) in [5.41, 5.74) is 0.594. The molecule has 1 amide bonds. The van der Waals surface area contributed by atoms with Crippen molar-refractivity contribution in [1.82, 2.24) is 19.2 Å². The molecule has 14 heteroatoms. The van der Waals surface area contributed by atoms with Crippen LogP contribution in [0.1, 0.15) is 31.2 Å². The Morgan fingerprint density at radius 3 is 2.27 bits per heavy atom. The quantitative estimate of drug-likeness (QED) is 0.475. The first-order valence-corrected chi connectivity index (χ1v) is 16.1. The molecule has 1 aromatic heterocycles. The van der Waals surface area contributed by atoms with Gasteiger partial charge >= 0.3 is 0 Å². The van der Waals surface area contributed by atoms with Crippen molar-refractivity contribution < 1.29 is 21.6 Å². The van der Waals surface area contributed by atoms with Crippen molar-refractivity contribution in [2.24, 2.45) is 5.10 Å². The average Bonchev–Trinajstić information content (AvgIpc) is 3.43. The minimum absolute atomic E-state index is 0.0695. The number of hydrogen-bond donors (Lipinski definition) is 1. The van der Waals surface area contributed by atoms with Gasteiger partial charge in [-0.05, 0) is 44.9 Å². The predicted molar refractivity (Wildman–Crippen MR) is 141 cm³/mol. The van der Waals surface area contributed by atoms with Gasteiger partial charge in [0.15, 0.2) is 24.9 Å². The molecule has 1 aromatic carbocycles. The van der Waals surface area contributed by atoms with E-state index in [1.807, 2.05) is 12.1 Å². The number of aromatic nitrogens is 1. The lowest BCUT2D eigenvalue weighted by molar-refractivity contribution is -0.110. The molecule has 3 aliphatic rings. The van der Waals surface area contributed by atoms with Crippen molar-refractivity contribution >= 4 is 47.9 Å². The minimum Gasteiger partial charge on any atom is -0.304 e. The van der Waals surface area contributed by atoms with Gasteiger partial charge in [0.1, 0.15) is 0 Å². The van der Waals surface area contributed by atoms with Gasteiger partial charge in [-0.1, -0.05) is 23.5 Å². The molecule has 37 heavy (non-hydrogen) atoms. The Kier molecular flexibility index (Phi) is 7.38. The number of thiazole rings is 1. The van der Waals surface area contributed by atoms with Gasteiger partial charge in [-0.15, -0.1) is 0 Å². The first-order valence-electron chi connectivity index (χ1n) is 12.3. The highest BCUT2D eigenvalue weighted by Gasteiger charge is 2.37. The van der Waals surface area contributed by atoms with Crippen LogP contribution < -0.4 is 5.32 Å². The maximum atomic E-state index is 13.3. The molecule has 0 spiro atoms. The number of sulfonamides is 1. The second kappa shape index (κ2) is 10.4. The summed E-state index contributed by atoms with van der Waals surface area (Å²) in [7, 11) is -5.09. The lowest BCUT2D eigenvalue weighted by Gasteiger charge is -2.30. The number of nitrogens with zero attached hydrogens (tertiary/aromatic N) is 5. The number of benzene rings is 1. The Labute approximate surface area is 221 Å². The molecule has 0 atom stereocenters. The highest BCUT2D eigenvalue weighted by Crippen LogP contribution is 2.33. The molecule has 3 fully saturated rings. The maximum absolute atomic E-state index is 13.3. The molecular weight excluding hydrogens is 536 g/mol. The number of amides is 1. The predicted octanol–water partition coefficient (Wildman–Crippen LogP) is 1.45. The highest BCUT2D eigenvalue weighted by molar-refractivity contribution is 7.92. The number of carbonyl (C=O) groups excluding carboxylic acids is 1. The first-order chi connectivity index (χ1) is 17.6. The summed E-state index contributed by atoms with van der Waals surface area (Å²) in [4.78, 5) is 19.8. The van der Waals surface area contributed by atoms with Crippen LogP contribution in [0.15, 0.2) is 44.7 Å². The number of likely N-dealkylation sites (N-methyl/N-ethyl adjacent to an activating group) is 1. The summed E-state index contributed by atoms with van der Waals surface area (Å²) in [5.74, 6) is -0.539. The van der Waals surface area contributed by atoms with Gasteiger partial charge in [0.05, 0.1) is 16.3 Å². The smallest absolute Gasteiger partial charge is 0.278 e. The van der Waals surface area contributed by atoms with E-state index >= 15 is 0 Å². The summed E-state index contributed by atoms with van der Waals surface area (Å²) in [6.07, 6.45) is 4.56. The van der Waals surface area contributed by atoms with Crippen molar-refractivity contribution in [1.29, 1.82) is 0 Å². The fourth-order valence-electron chi connectivity index (χ4n) is 4.30. The van der Waals surface area contributed by atoms with Gasteiger partial charge < -0.3 is 4.90 Å². The van der Waals surface area contributed by atoms with E-state index in [1.165, 1.54) is 22.6 Å². The second-order valence-electron chi connectivity index (χ2n) is 9.52. The molecule has 2 aliphatic heterocycles. The zero-order chi connectivity index (χ0) is 26.2. The van der Waals surface area contributed by atoms with Gasteiger partial charge in [-0.2, -0.15) is 9.41 Å². The summed E-state index contributed by atoms with van der Waals surface area (Å²) < 4.78 is 52.7. The van der Waals surface area contributed by atoms with Gasteiger partial charge in [0, 0.05) is 44.8 Å². The Morgan fingerprint density at radius 1 is 1.00 bits per heavy atom. The number of anilines is 1. The number of hydrogen-bond acceptors (Lipinski definition) is 10. The lowest BCUT2D eigenvalue weighted by atomic mass is 10.1. The molecule has 200 valence electrons. The van der Waals surface area contributed by atoms with Gasteiger partial charge in [0.25, 0.3) is 15.9 Å². The van der Waals surface area contributed by atoms with Gasteiger partial charge in [-0.25, -0.2) is 21.8 Å². The van der Waals surface area contributed by atoms with E-state index in [2.05, 4.69) is 20.3 Å². The molecule has 3 heterocycles. The van der Waals surface area contributed by atoms with Crippen LogP contribution in [0.25, 0.3) is 0 Å². The van der Waals surface area contributed by atoms with Crippen LogP contribution in [0, 0.1) is 0 Å². The molecule has 1 saturated carbocycles. The number of rotatable bonds is 8. The number of piperazine rings is 1. The first kappa shape index (κ1) is 26.2. The Morgan fingerprint density at radius 2 is 1.65 bits per heavy atom. The van der Waals surface area contributed by atoms with Crippen LogP contribution in [0.3, 0.4) is 0 Å². The summed E-state index contributed by atoms with van der Waals surface area (Å²) in [6, 6.07) is 6.21. The number of sulfone groups is 1. The Hall–Kier alpha value is -2.39. The molecule has 0 bridgehead atoms. The van der Waals surface area contributed by atoms with Gasteiger partial charge in [0.2, 0.25) is 0 Å².